The van der Waals surface area contributed by atoms with E-state index in [0.717, 1.165) is 0 Å². The van der Waals surface area contributed by atoms with Gasteiger partial charge < -0.3 is 14.4 Å². The fourth-order valence-electron chi connectivity index (χ4n) is 2.47. The van der Waals surface area contributed by atoms with Crippen molar-refractivity contribution >= 4 is 29.6 Å². The molecule has 0 bridgehead atoms. The molecule has 2 rings (SSSR count). The minimum absolute atomic E-state index is 0.0439. The second-order valence-corrected chi connectivity index (χ2v) is 5.50. The van der Waals surface area contributed by atoms with Gasteiger partial charge >= 0.3 is 5.97 Å². The molecule has 0 saturated carbocycles. The molecule has 0 unspecified atom stereocenters. The first kappa shape index (κ1) is 18.2. The molecule has 1 aromatic carbocycles. The van der Waals surface area contributed by atoms with E-state index in [1.165, 1.54) is 43.4 Å². The van der Waals surface area contributed by atoms with Crippen LogP contribution in [0.3, 0.4) is 0 Å². The van der Waals surface area contributed by atoms with Gasteiger partial charge in [0.1, 0.15) is 5.82 Å². The van der Waals surface area contributed by atoms with E-state index < -0.39 is 17.7 Å². The predicted octanol–water partition coefficient (Wildman–Crippen LogP) is 2.80. The summed E-state index contributed by atoms with van der Waals surface area (Å²) >= 11 is 6.01. The van der Waals surface area contributed by atoms with Crippen LogP contribution in [0.5, 0.6) is 0 Å². The SMILES string of the molecule is COCCN1C(=O)C(=Cc2c(F)cccc2Cl)C(C(=O)OC)=C1C. The van der Waals surface area contributed by atoms with Gasteiger partial charge in [0.25, 0.3) is 5.91 Å². The lowest BCUT2D eigenvalue weighted by molar-refractivity contribution is -0.136. The molecule has 0 spiro atoms. The van der Waals surface area contributed by atoms with Crippen molar-refractivity contribution in [3.05, 3.63) is 51.4 Å². The van der Waals surface area contributed by atoms with Crippen LogP contribution in [0.1, 0.15) is 12.5 Å². The molecule has 1 amide bonds. The Morgan fingerprint density at radius 2 is 2.08 bits per heavy atom. The number of ether oxygens (including phenoxy) is 2. The van der Waals surface area contributed by atoms with Gasteiger partial charge in [-0.25, -0.2) is 9.18 Å². The van der Waals surface area contributed by atoms with E-state index in [1.54, 1.807) is 6.92 Å². The summed E-state index contributed by atoms with van der Waals surface area (Å²) in [6.45, 7) is 2.19. The molecular formula is C17H17ClFNO4. The number of rotatable bonds is 5. The standard InChI is InChI=1S/C17H17ClFNO4/c1-10-15(17(22)24-3)12(16(21)20(10)7-8-23-2)9-11-13(18)5-4-6-14(11)19/h4-6,9H,7-8H2,1-3H3. The van der Waals surface area contributed by atoms with E-state index in [2.05, 4.69) is 0 Å². The highest BCUT2D eigenvalue weighted by molar-refractivity contribution is 6.32. The highest BCUT2D eigenvalue weighted by atomic mass is 35.5. The second-order valence-electron chi connectivity index (χ2n) is 5.09. The zero-order valence-corrected chi connectivity index (χ0v) is 14.3. The largest absolute Gasteiger partial charge is 0.465 e. The number of esters is 1. The summed E-state index contributed by atoms with van der Waals surface area (Å²) in [5.74, 6) is -1.68. The number of methoxy groups -OCH3 is 2. The van der Waals surface area contributed by atoms with E-state index in [0.29, 0.717) is 12.3 Å². The maximum atomic E-state index is 14.0. The molecule has 0 fully saturated rings. The van der Waals surface area contributed by atoms with Gasteiger partial charge in [-0.2, -0.15) is 0 Å². The van der Waals surface area contributed by atoms with Crippen molar-refractivity contribution in [1.82, 2.24) is 4.90 Å². The normalized spacial score (nSPS) is 16.3. The fraction of sp³-hybridized carbons (Fsp3) is 0.294. The molecule has 0 saturated heterocycles. The Kier molecular flexibility index (Phi) is 5.75. The summed E-state index contributed by atoms with van der Waals surface area (Å²) < 4.78 is 23.8. The summed E-state index contributed by atoms with van der Waals surface area (Å²) in [5, 5.41) is 0.146. The Labute approximate surface area is 144 Å². The quantitative estimate of drug-likeness (QED) is 0.603. The third-order valence-corrected chi connectivity index (χ3v) is 4.04. The number of hydrogen-bond acceptors (Lipinski definition) is 4. The topological polar surface area (TPSA) is 55.8 Å². The van der Waals surface area contributed by atoms with Gasteiger partial charge in [0.2, 0.25) is 0 Å². The minimum atomic E-state index is -0.667. The third-order valence-electron chi connectivity index (χ3n) is 3.71. The maximum absolute atomic E-state index is 14.0. The van der Waals surface area contributed by atoms with Crippen molar-refractivity contribution in [3.63, 3.8) is 0 Å². The first-order valence-corrected chi connectivity index (χ1v) is 7.56. The Hall–Kier alpha value is -2.18. The van der Waals surface area contributed by atoms with Crippen molar-refractivity contribution < 1.29 is 23.5 Å². The number of hydrogen-bond donors (Lipinski definition) is 0. The zero-order valence-electron chi connectivity index (χ0n) is 13.6. The predicted molar refractivity (Wildman–Crippen MR) is 87.7 cm³/mol. The van der Waals surface area contributed by atoms with E-state index in [1.807, 2.05) is 0 Å². The average Bonchev–Trinajstić information content (AvgIpc) is 2.79. The van der Waals surface area contributed by atoms with Gasteiger partial charge in [-0.05, 0) is 25.1 Å². The molecule has 0 aliphatic carbocycles. The number of benzene rings is 1. The van der Waals surface area contributed by atoms with Gasteiger partial charge in [-0.15, -0.1) is 0 Å². The zero-order chi connectivity index (χ0) is 17.9. The Bertz CT molecular complexity index is 722. The first-order chi connectivity index (χ1) is 11.4. The molecule has 128 valence electrons. The number of halogens is 2. The molecule has 0 radical (unpaired) electrons. The summed E-state index contributed by atoms with van der Waals surface area (Å²) in [7, 11) is 2.73. The lowest BCUT2D eigenvalue weighted by Gasteiger charge is -2.16. The van der Waals surface area contributed by atoms with Gasteiger partial charge in [-0.3, -0.25) is 4.79 Å². The number of carbonyl (C=O) groups excluding carboxylic acids is 2. The molecule has 1 heterocycles. The van der Waals surface area contributed by atoms with Crippen molar-refractivity contribution in [2.24, 2.45) is 0 Å². The lowest BCUT2D eigenvalue weighted by Crippen LogP contribution is -2.28. The van der Waals surface area contributed by atoms with Crippen molar-refractivity contribution in [1.29, 1.82) is 0 Å². The van der Waals surface area contributed by atoms with E-state index >= 15 is 0 Å². The van der Waals surface area contributed by atoms with Gasteiger partial charge in [-0.1, -0.05) is 17.7 Å². The fourth-order valence-corrected chi connectivity index (χ4v) is 2.69. The number of carbonyl (C=O) groups is 2. The van der Waals surface area contributed by atoms with Crippen molar-refractivity contribution in [2.45, 2.75) is 6.92 Å². The minimum Gasteiger partial charge on any atom is -0.465 e. The van der Waals surface area contributed by atoms with Crippen LogP contribution < -0.4 is 0 Å². The number of nitrogens with zero attached hydrogens (tertiary/aromatic N) is 1. The van der Waals surface area contributed by atoms with Gasteiger partial charge in [0, 0.05) is 24.9 Å². The summed E-state index contributed by atoms with van der Waals surface area (Å²) in [5.41, 5.74) is 0.619. The van der Waals surface area contributed by atoms with Crippen LogP contribution in [0.15, 0.2) is 35.0 Å². The van der Waals surface area contributed by atoms with Crippen LogP contribution in [-0.2, 0) is 19.1 Å². The van der Waals surface area contributed by atoms with Crippen LogP contribution in [0, 0.1) is 5.82 Å². The van der Waals surface area contributed by atoms with Gasteiger partial charge in [0.05, 0.1) is 29.9 Å². The first-order valence-electron chi connectivity index (χ1n) is 7.18. The molecule has 5 nitrogen and oxygen atoms in total. The van der Waals surface area contributed by atoms with Crippen molar-refractivity contribution in [3.8, 4) is 0 Å². The third kappa shape index (κ3) is 3.34. The van der Waals surface area contributed by atoms with E-state index in [9.17, 15) is 14.0 Å². The van der Waals surface area contributed by atoms with Crippen LogP contribution >= 0.6 is 11.6 Å². The number of allylic oxidation sites excluding steroid dienone is 1. The summed E-state index contributed by atoms with van der Waals surface area (Å²) in [6, 6.07) is 4.20. The second kappa shape index (κ2) is 7.59. The molecule has 0 atom stereocenters. The summed E-state index contributed by atoms with van der Waals surface area (Å²) in [4.78, 5) is 26.2. The molecule has 1 aromatic rings. The Morgan fingerprint density at radius 3 is 2.67 bits per heavy atom. The van der Waals surface area contributed by atoms with E-state index in [4.69, 9.17) is 21.1 Å². The Balaban J connectivity index is 2.56. The van der Waals surface area contributed by atoms with Crippen molar-refractivity contribution in [2.75, 3.05) is 27.4 Å². The van der Waals surface area contributed by atoms with Crippen LogP contribution in [0.25, 0.3) is 6.08 Å². The monoisotopic (exact) mass is 353 g/mol. The lowest BCUT2D eigenvalue weighted by atomic mass is 10.0. The molecule has 7 heteroatoms. The maximum Gasteiger partial charge on any atom is 0.340 e. The van der Waals surface area contributed by atoms with Gasteiger partial charge in [0.15, 0.2) is 0 Å². The van der Waals surface area contributed by atoms with E-state index in [-0.39, 0.29) is 28.3 Å². The smallest absolute Gasteiger partial charge is 0.340 e. The van der Waals surface area contributed by atoms with Crippen LogP contribution in [-0.4, -0.2) is 44.1 Å². The molecule has 0 N–H and O–H groups in total. The summed E-state index contributed by atoms with van der Waals surface area (Å²) in [6.07, 6.45) is 1.28. The molecule has 0 aromatic heterocycles. The molecule has 1 aliphatic rings. The molecular weight excluding hydrogens is 337 g/mol. The average molecular weight is 354 g/mol. The number of amides is 1. The Morgan fingerprint density at radius 1 is 1.38 bits per heavy atom. The van der Waals surface area contributed by atoms with Crippen LogP contribution in [0.2, 0.25) is 5.02 Å². The highest BCUT2D eigenvalue weighted by Crippen LogP contribution is 2.33. The molecule has 24 heavy (non-hydrogen) atoms. The highest BCUT2D eigenvalue weighted by Gasteiger charge is 2.37. The van der Waals surface area contributed by atoms with Crippen LogP contribution in [0.4, 0.5) is 4.39 Å². The molecule has 1 aliphatic heterocycles.